The minimum Gasteiger partial charge on any atom is -0.377 e. The zero-order chi connectivity index (χ0) is 91.1. The zero-order valence-corrected chi connectivity index (χ0v) is 82.4. The van der Waals surface area contributed by atoms with Crippen molar-refractivity contribution in [2.45, 2.75) is 347 Å². The van der Waals surface area contributed by atoms with Crippen LogP contribution in [-0.2, 0) is 19.2 Å². The first-order chi connectivity index (χ1) is 55.5. The Hall–Kier alpha value is -7.49. The van der Waals surface area contributed by atoms with Gasteiger partial charge in [-0.3, -0.25) is 33.6 Å². The molecule has 121 heavy (non-hydrogen) atoms. The highest BCUT2D eigenvalue weighted by Gasteiger charge is 2.43. The quantitative estimate of drug-likeness (QED) is 0.0641. The molecule has 0 saturated heterocycles. The third-order valence-electron chi connectivity index (χ3n) is 26.8. The molecule has 0 aromatic heterocycles. The first kappa shape index (κ1) is 101. The molecule has 7 heterocycles. The highest BCUT2D eigenvalue weighted by molar-refractivity contribution is 6.18. The number of hydrogen-bond donors (Lipinski definition) is 2. The van der Waals surface area contributed by atoms with Crippen molar-refractivity contribution in [1.29, 1.82) is 0 Å². The number of nitrogens with one attached hydrogen (secondary N) is 2. The van der Waals surface area contributed by atoms with E-state index in [1.165, 1.54) is 0 Å². The molecule has 0 saturated carbocycles. The smallest absolute Gasteiger partial charge is 0.253 e. The van der Waals surface area contributed by atoms with Crippen LogP contribution in [0.5, 0.6) is 0 Å². The summed E-state index contributed by atoms with van der Waals surface area (Å²) < 4.78 is 0. The fourth-order valence-electron chi connectivity index (χ4n) is 17.6. The van der Waals surface area contributed by atoms with Crippen LogP contribution in [0.25, 0.3) is 0 Å². The third-order valence-corrected chi connectivity index (χ3v) is 26.8. The number of amides is 2. The van der Waals surface area contributed by atoms with E-state index in [0.717, 1.165) is 193 Å². The predicted octanol–water partition coefficient (Wildman–Crippen LogP) is 23.8. The number of hydrogen-bond acceptors (Lipinski definition) is 14. The van der Waals surface area contributed by atoms with E-state index in [1.54, 1.807) is 18.2 Å². The number of unbranched alkanes of at least 4 members (excludes halogenated alkanes) is 5. The Labute approximate surface area is 735 Å². The van der Waals surface area contributed by atoms with Gasteiger partial charge in [0.2, 0.25) is 0 Å². The Morgan fingerprint density at radius 1 is 0.322 bits per heavy atom. The summed E-state index contributed by atoms with van der Waals surface area (Å²) in [4.78, 5) is 113. The Bertz CT molecular complexity index is 4020. The third kappa shape index (κ3) is 27.3. The number of Topliss-reactive ketones (excluding diaryl/α,β-unsaturated/α-hetero) is 5. The molecule has 0 atom stereocenters. The van der Waals surface area contributed by atoms with Crippen molar-refractivity contribution in [2.75, 3.05) is 76.1 Å². The van der Waals surface area contributed by atoms with Gasteiger partial charge in [-0.1, -0.05) is 170 Å². The van der Waals surface area contributed by atoms with Gasteiger partial charge in [0.1, 0.15) is 0 Å². The van der Waals surface area contributed by atoms with E-state index in [0.29, 0.717) is 70.2 Å². The van der Waals surface area contributed by atoms with Crippen LogP contribution in [0.4, 0.5) is 11.4 Å². The average Bonchev–Trinajstić information content (AvgIpc) is 0.786. The van der Waals surface area contributed by atoms with Crippen molar-refractivity contribution in [3.63, 3.8) is 0 Å². The van der Waals surface area contributed by atoms with Crippen LogP contribution in [0, 0.1) is 62.6 Å². The van der Waals surface area contributed by atoms with Crippen molar-refractivity contribution < 1.29 is 33.6 Å². The number of anilines is 2. The van der Waals surface area contributed by atoms with Crippen LogP contribution < -0.4 is 10.6 Å². The van der Waals surface area contributed by atoms with Crippen molar-refractivity contribution >= 4 is 52.1 Å². The molecule has 2 N–H and O–H groups in total. The van der Waals surface area contributed by atoms with E-state index in [-0.39, 0.29) is 89.2 Å². The molecule has 16 heteroatoms. The van der Waals surface area contributed by atoms with E-state index in [4.69, 9.17) is 0 Å². The Kier molecular flexibility index (Phi) is 32.7. The van der Waals surface area contributed by atoms with E-state index in [2.05, 4.69) is 279 Å². The van der Waals surface area contributed by atoms with Crippen LogP contribution in [-0.4, -0.2) is 163 Å². The molecule has 7 aliphatic rings. The number of ketones is 5. The molecule has 674 valence electrons. The summed E-state index contributed by atoms with van der Waals surface area (Å²) in [5.41, 5.74) is 7.87. The summed E-state index contributed by atoms with van der Waals surface area (Å²) in [5, 5.41) is 6.23. The van der Waals surface area contributed by atoms with E-state index in [9.17, 15) is 33.6 Å². The molecule has 0 unspecified atom stereocenters. The van der Waals surface area contributed by atoms with Gasteiger partial charge in [-0.15, -0.1) is 0 Å². The van der Waals surface area contributed by atoms with Gasteiger partial charge < -0.3 is 44.9 Å². The second-order valence-corrected chi connectivity index (χ2v) is 46.6. The lowest BCUT2D eigenvalue weighted by Crippen LogP contribution is -2.45. The summed E-state index contributed by atoms with van der Waals surface area (Å²) >= 11 is 0. The number of allylic oxidation sites excluding steroid dienone is 5. The molecule has 9 rings (SSSR count). The second kappa shape index (κ2) is 39.4. The Morgan fingerprint density at radius 3 is 0.851 bits per heavy atom. The fraction of sp³-hybridized carbons (Fsp3) is 0.686. The predicted molar refractivity (Wildman–Crippen MR) is 505 cm³/mol. The number of carbonyl (C=O) groups is 7. The molecular weight excluding hydrogens is 1500 g/mol. The molecule has 0 bridgehead atoms. The first-order valence-corrected chi connectivity index (χ1v) is 46.4. The maximum Gasteiger partial charge on any atom is 0.253 e. The van der Waals surface area contributed by atoms with E-state index in [1.807, 2.05) is 56.1 Å². The molecule has 7 aliphatic heterocycles. The average molecular weight is 1670 g/mol. The van der Waals surface area contributed by atoms with Crippen LogP contribution in [0.15, 0.2) is 119 Å². The van der Waals surface area contributed by atoms with Crippen molar-refractivity contribution in [3.8, 4) is 0 Å². The van der Waals surface area contributed by atoms with Gasteiger partial charge >= 0.3 is 0 Å². The SMILES string of the molecule is CC(C)CN1C=C(C(=O)c2cc(C(=O)C3=CN(CC(C)C)CCC3(C)C)cc(C(=O)C3=CN(CC(C)C)CCC3(C)C)c2)C(C)(C)CC1.CC1(C)CCN(C(C)(C)C)C=C1C(=O)CCCCCCCCC(=O)C1=CN(C(C)(C)C)CCC1(C)C.Cc1ccc(NC(=O)C2=CN(C(C)(C)C)CCC2(C)C)cc1NC(=O)C1=CN(C(C)(C)C)CCC1(C)C. The number of nitrogens with zero attached hydrogens (tertiary/aromatic N) is 7. The maximum absolute atomic E-state index is 14.6. The van der Waals surface area contributed by atoms with Crippen molar-refractivity contribution in [1.82, 2.24) is 34.3 Å². The molecule has 2 aromatic rings. The highest BCUT2D eigenvalue weighted by Crippen LogP contribution is 2.46. The minimum absolute atomic E-state index is 0.0301. The van der Waals surface area contributed by atoms with Crippen LogP contribution in [0.3, 0.4) is 0 Å². The van der Waals surface area contributed by atoms with Crippen LogP contribution in [0.2, 0.25) is 0 Å². The molecule has 2 amide bonds. The molecule has 0 fully saturated rings. The summed E-state index contributed by atoms with van der Waals surface area (Å²) in [6, 6.07) is 11.0. The Morgan fingerprint density at radius 2 is 0.570 bits per heavy atom. The Balaban J connectivity index is 0.000000254. The second-order valence-electron chi connectivity index (χ2n) is 46.6. The lowest BCUT2D eigenvalue weighted by Gasteiger charge is -2.43. The molecular formula is C105H167N9O7. The van der Waals surface area contributed by atoms with Crippen LogP contribution in [0.1, 0.15) is 355 Å². The van der Waals surface area contributed by atoms with Gasteiger partial charge in [0.05, 0.1) is 0 Å². The topological polar surface area (TPSA) is 166 Å². The highest BCUT2D eigenvalue weighted by atomic mass is 16.2. The summed E-state index contributed by atoms with van der Waals surface area (Å²) in [5.74, 6) is 1.55. The van der Waals surface area contributed by atoms with Crippen LogP contribution >= 0.6 is 0 Å². The summed E-state index contributed by atoms with van der Waals surface area (Å²) in [7, 11) is 0. The van der Waals surface area contributed by atoms with Crippen molar-refractivity contribution in [3.05, 3.63) is 141 Å². The number of carbonyl (C=O) groups excluding carboxylic acids is 7. The van der Waals surface area contributed by atoms with Gasteiger partial charge in [0, 0.05) is 211 Å². The van der Waals surface area contributed by atoms with Gasteiger partial charge in [-0.2, -0.15) is 0 Å². The molecule has 0 radical (unpaired) electrons. The fourth-order valence-corrected chi connectivity index (χ4v) is 17.6. The molecule has 16 nitrogen and oxygen atoms in total. The van der Waals surface area contributed by atoms with Gasteiger partial charge in [0.15, 0.2) is 28.9 Å². The zero-order valence-electron chi connectivity index (χ0n) is 82.4. The minimum atomic E-state index is -0.328. The summed E-state index contributed by atoms with van der Waals surface area (Å²) in [6.45, 7) is 80.7. The number of aryl methyl sites for hydroxylation is 1. The monoisotopic (exact) mass is 1670 g/mol. The maximum atomic E-state index is 14.6. The number of rotatable bonds is 27. The van der Waals surface area contributed by atoms with Gasteiger partial charge in [-0.05, 0) is 239 Å². The number of benzene rings is 2. The molecule has 2 aromatic carbocycles. The molecule has 0 aliphatic carbocycles. The normalized spacial score (nSPS) is 20.2. The van der Waals surface area contributed by atoms with Gasteiger partial charge in [-0.25, -0.2) is 0 Å². The van der Waals surface area contributed by atoms with Crippen molar-refractivity contribution in [2.24, 2.45) is 55.7 Å². The summed E-state index contributed by atoms with van der Waals surface area (Å²) in [6.07, 6.45) is 28.6. The lowest BCUT2D eigenvalue weighted by molar-refractivity contribution is -0.118. The van der Waals surface area contributed by atoms with E-state index >= 15 is 0 Å². The largest absolute Gasteiger partial charge is 0.377 e. The van der Waals surface area contributed by atoms with Gasteiger partial charge in [0.25, 0.3) is 11.8 Å². The first-order valence-electron chi connectivity index (χ1n) is 46.4. The standard InChI is InChI=1S/C42H63N3O3.C32H56N2O2.C31H48N4O2/c1-28(2)22-43-16-13-40(7,8)34(25-43)37(46)31-19-32(38(47)35-26-44(23-29(3)4)17-14-41(35,9)10)21-33(20-31)39(48)36-27-45(24-30(5)6)18-15-42(36,11)12;1-29(2,3)33-21-19-31(7,8)25(23-33)27(35)17-15-13-11-12-14-16-18-28(36)26-24-34(30(4,5)6)22-20-32(26,9)10;1-21-12-13-22(32-26(36)23-19-34(28(2,3)4)16-14-30(23,8)9)18-25(21)33-27(37)24-20-35(29(5,6)7)17-15-31(24,10)11/h19-21,25-30H,13-18,22-24H2,1-12H3;23-24H,11-22H2,1-10H3;12-13,18-20H,14-17H2,1-11H3,(H,32,36)(H,33,37). The van der Waals surface area contributed by atoms with E-state index < -0.39 is 0 Å². The lowest BCUT2D eigenvalue weighted by atomic mass is 9.73. The molecule has 0 spiro atoms.